The van der Waals surface area contributed by atoms with Gasteiger partial charge < -0.3 is 10.1 Å². The molecule has 10 heteroatoms. The highest BCUT2D eigenvalue weighted by molar-refractivity contribution is 6.30. The number of non-ortho nitro benzene ring substituents is 1. The Bertz CT molecular complexity index is 1100. The number of benzene rings is 3. The number of carbonyl (C=O) groups excluding carboxylic acids is 1. The molecule has 0 aliphatic heterocycles. The molecule has 0 aromatic heterocycles. The van der Waals surface area contributed by atoms with Crippen molar-refractivity contribution in [2.24, 2.45) is 0 Å². The van der Waals surface area contributed by atoms with Gasteiger partial charge in [-0.05, 0) is 48.5 Å². The van der Waals surface area contributed by atoms with Crippen LogP contribution in [0.1, 0.15) is 15.9 Å². The smallest absolute Gasteiger partial charge is 0.420 e. The number of rotatable bonds is 5. The van der Waals surface area contributed by atoms with Gasteiger partial charge in [0.2, 0.25) is 0 Å². The van der Waals surface area contributed by atoms with Crippen molar-refractivity contribution in [1.29, 1.82) is 0 Å². The third-order valence-corrected chi connectivity index (χ3v) is 4.16. The van der Waals surface area contributed by atoms with Crippen LogP contribution in [-0.2, 0) is 6.18 Å². The summed E-state index contributed by atoms with van der Waals surface area (Å²) in [6.45, 7) is 0. The lowest BCUT2D eigenvalue weighted by molar-refractivity contribution is -0.385. The summed E-state index contributed by atoms with van der Waals surface area (Å²) in [5, 5.41) is 13.9. The van der Waals surface area contributed by atoms with Crippen LogP contribution in [0.25, 0.3) is 0 Å². The first-order valence-corrected chi connectivity index (χ1v) is 8.72. The van der Waals surface area contributed by atoms with E-state index in [1.54, 1.807) is 24.3 Å². The Labute approximate surface area is 173 Å². The molecule has 0 unspecified atom stereocenters. The molecular formula is C20H12ClF3N2O4. The standard InChI is InChI=1S/C20H12ClF3N2O4/c21-13-4-6-14(7-5-13)25-19(27)12-2-1-3-16(10-12)30-18-9-8-15(26(28)29)11-17(18)20(22,23)24/h1-11H,(H,25,27). The first-order valence-electron chi connectivity index (χ1n) is 8.34. The van der Waals surface area contributed by atoms with Crippen LogP contribution in [0.15, 0.2) is 66.7 Å². The molecule has 0 saturated carbocycles. The van der Waals surface area contributed by atoms with E-state index < -0.39 is 34.0 Å². The van der Waals surface area contributed by atoms with Crippen molar-refractivity contribution in [2.75, 3.05) is 5.32 Å². The number of nitrogens with one attached hydrogen (secondary N) is 1. The molecule has 0 fully saturated rings. The predicted octanol–water partition coefficient (Wildman–Crippen LogP) is 6.31. The summed E-state index contributed by atoms with van der Waals surface area (Å²) in [5.41, 5.74) is -1.40. The number of nitro benzene ring substituents is 1. The Hall–Kier alpha value is -3.59. The van der Waals surface area contributed by atoms with E-state index in [0.717, 1.165) is 12.1 Å². The second-order valence-electron chi connectivity index (χ2n) is 6.03. The third kappa shape index (κ3) is 5.06. The van der Waals surface area contributed by atoms with Gasteiger partial charge in [-0.15, -0.1) is 0 Å². The zero-order valence-electron chi connectivity index (χ0n) is 14.9. The number of nitro groups is 1. The van der Waals surface area contributed by atoms with E-state index in [1.165, 1.54) is 24.3 Å². The van der Waals surface area contributed by atoms with Gasteiger partial charge >= 0.3 is 6.18 Å². The molecule has 1 amide bonds. The van der Waals surface area contributed by atoms with E-state index in [2.05, 4.69) is 5.32 Å². The van der Waals surface area contributed by atoms with Gasteiger partial charge in [0.25, 0.3) is 11.6 Å². The number of amides is 1. The van der Waals surface area contributed by atoms with Gasteiger partial charge in [0, 0.05) is 28.4 Å². The topological polar surface area (TPSA) is 81.5 Å². The fourth-order valence-electron chi connectivity index (χ4n) is 2.51. The SMILES string of the molecule is O=C(Nc1ccc(Cl)cc1)c1cccc(Oc2ccc([N+](=O)[O-])cc2C(F)(F)F)c1. The van der Waals surface area contributed by atoms with Crippen molar-refractivity contribution in [1.82, 2.24) is 0 Å². The number of alkyl halides is 3. The summed E-state index contributed by atoms with van der Waals surface area (Å²) in [7, 11) is 0. The molecule has 0 atom stereocenters. The molecule has 0 bridgehead atoms. The maximum Gasteiger partial charge on any atom is 0.420 e. The summed E-state index contributed by atoms with van der Waals surface area (Å²) < 4.78 is 45.2. The number of ether oxygens (including phenoxy) is 1. The molecule has 0 saturated heterocycles. The first kappa shape index (κ1) is 21.1. The maximum absolute atomic E-state index is 13.3. The molecule has 1 N–H and O–H groups in total. The lowest BCUT2D eigenvalue weighted by Crippen LogP contribution is -2.12. The highest BCUT2D eigenvalue weighted by Gasteiger charge is 2.36. The normalized spacial score (nSPS) is 11.1. The van der Waals surface area contributed by atoms with Crippen LogP contribution in [0.2, 0.25) is 5.02 Å². The minimum Gasteiger partial charge on any atom is -0.457 e. The van der Waals surface area contributed by atoms with Crippen molar-refractivity contribution in [3.8, 4) is 11.5 Å². The number of nitrogens with zero attached hydrogens (tertiary/aromatic N) is 1. The molecule has 0 heterocycles. The number of hydrogen-bond acceptors (Lipinski definition) is 4. The molecule has 0 spiro atoms. The van der Waals surface area contributed by atoms with E-state index >= 15 is 0 Å². The van der Waals surface area contributed by atoms with Crippen molar-refractivity contribution in [3.63, 3.8) is 0 Å². The second kappa shape index (κ2) is 8.42. The molecule has 6 nitrogen and oxygen atoms in total. The number of carbonyl (C=O) groups is 1. The summed E-state index contributed by atoms with van der Waals surface area (Å²) >= 11 is 5.79. The van der Waals surface area contributed by atoms with E-state index in [1.807, 2.05) is 0 Å². The van der Waals surface area contributed by atoms with Gasteiger partial charge in [0.05, 0.1) is 4.92 Å². The Morgan fingerprint density at radius 3 is 2.37 bits per heavy atom. The summed E-state index contributed by atoms with van der Waals surface area (Å²) in [5.74, 6) is -1.18. The molecular weight excluding hydrogens is 425 g/mol. The lowest BCUT2D eigenvalue weighted by Gasteiger charge is -2.14. The number of hydrogen-bond donors (Lipinski definition) is 1. The Morgan fingerprint density at radius 1 is 1.03 bits per heavy atom. The minimum atomic E-state index is -4.87. The van der Waals surface area contributed by atoms with Crippen LogP contribution in [0, 0.1) is 10.1 Å². The van der Waals surface area contributed by atoms with Crippen LogP contribution in [0.3, 0.4) is 0 Å². The largest absolute Gasteiger partial charge is 0.457 e. The van der Waals surface area contributed by atoms with Gasteiger partial charge in [-0.1, -0.05) is 17.7 Å². The van der Waals surface area contributed by atoms with Crippen molar-refractivity contribution in [3.05, 3.63) is 93.0 Å². The maximum atomic E-state index is 13.3. The van der Waals surface area contributed by atoms with E-state index in [0.29, 0.717) is 16.8 Å². The van der Waals surface area contributed by atoms with Gasteiger partial charge in [-0.3, -0.25) is 14.9 Å². The van der Waals surface area contributed by atoms with Crippen LogP contribution in [-0.4, -0.2) is 10.8 Å². The second-order valence-corrected chi connectivity index (χ2v) is 6.46. The van der Waals surface area contributed by atoms with Crippen LogP contribution in [0.5, 0.6) is 11.5 Å². The minimum absolute atomic E-state index is 0.0434. The Kier molecular flexibility index (Phi) is 5.93. The molecule has 154 valence electrons. The zero-order chi connectivity index (χ0) is 21.9. The average Bonchev–Trinajstić information content (AvgIpc) is 2.69. The van der Waals surface area contributed by atoms with Crippen LogP contribution < -0.4 is 10.1 Å². The van der Waals surface area contributed by atoms with Gasteiger partial charge in [0.1, 0.15) is 17.1 Å². The van der Waals surface area contributed by atoms with Crippen LogP contribution in [0.4, 0.5) is 24.5 Å². The molecule has 0 aliphatic rings. The molecule has 30 heavy (non-hydrogen) atoms. The lowest BCUT2D eigenvalue weighted by atomic mass is 10.1. The van der Waals surface area contributed by atoms with Crippen molar-refractivity contribution < 1.29 is 27.6 Å². The summed E-state index contributed by atoms with van der Waals surface area (Å²) in [4.78, 5) is 22.2. The van der Waals surface area contributed by atoms with Crippen molar-refractivity contribution in [2.45, 2.75) is 6.18 Å². The van der Waals surface area contributed by atoms with Gasteiger partial charge in [-0.2, -0.15) is 13.2 Å². The molecule has 0 aliphatic carbocycles. The van der Waals surface area contributed by atoms with E-state index in [4.69, 9.17) is 16.3 Å². The monoisotopic (exact) mass is 436 g/mol. The highest BCUT2D eigenvalue weighted by atomic mass is 35.5. The molecule has 0 radical (unpaired) electrons. The quantitative estimate of drug-likeness (QED) is 0.375. The predicted molar refractivity (Wildman–Crippen MR) is 104 cm³/mol. The Balaban J connectivity index is 1.85. The molecule has 3 rings (SSSR count). The molecule has 3 aromatic carbocycles. The fourth-order valence-corrected chi connectivity index (χ4v) is 2.63. The van der Waals surface area contributed by atoms with Gasteiger partial charge in [0.15, 0.2) is 0 Å². The average molecular weight is 437 g/mol. The van der Waals surface area contributed by atoms with E-state index in [-0.39, 0.29) is 11.3 Å². The highest BCUT2D eigenvalue weighted by Crippen LogP contribution is 2.40. The third-order valence-electron chi connectivity index (χ3n) is 3.91. The Morgan fingerprint density at radius 2 is 1.73 bits per heavy atom. The summed E-state index contributed by atoms with van der Waals surface area (Å²) in [6.07, 6.45) is -4.87. The number of anilines is 1. The van der Waals surface area contributed by atoms with Gasteiger partial charge in [-0.25, -0.2) is 0 Å². The van der Waals surface area contributed by atoms with Crippen LogP contribution >= 0.6 is 11.6 Å². The zero-order valence-corrected chi connectivity index (χ0v) is 15.7. The first-order chi connectivity index (χ1) is 14.1. The summed E-state index contributed by atoms with van der Waals surface area (Å²) in [6, 6.07) is 14.0. The van der Waals surface area contributed by atoms with E-state index in [9.17, 15) is 28.1 Å². The van der Waals surface area contributed by atoms with Crippen molar-refractivity contribution >= 4 is 28.9 Å². The number of halogens is 4. The fraction of sp³-hybridized carbons (Fsp3) is 0.0500. The molecule has 3 aromatic rings.